The maximum Gasteiger partial charge on any atom is 0.123 e. The Hall–Kier alpha value is -1.91. The van der Waals surface area contributed by atoms with Crippen LogP contribution in [-0.2, 0) is 5.75 Å². The number of halogens is 1. The molecule has 0 saturated heterocycles. The summed E-state index contributed by atoms with van der Waals surface area (Å²) in [6.45, 7) is 0. The quantitative estimate of drug-likeness (QED) is 0.418. The minimum absolute atomic E-state index is 0.193. The van der Waals surface area contributed by atoms with Gasteiger partial charge >= 0.3 is 0 Å². The highest BCUT2D eigenvalue weighted by molar-refractivity contribution is 7.98. The van der Waals surface area contributed by atoms with E-state index in [-0.39, 0.29) is 5.82 Å². The van der Waals surface area contributed by atoms with Gasteiger partial charge in [0.1, 0.15) is 5.82 Å². The molecule has 0 spiro atoms. The molecule has 0 radical (unpaired) electrons. The molecule has 3 aromatic rings. The molecule has 2 aromatic carbocycles. The van der Waals surface area contributed by atoms with Crippen LogP contribution >= 0.6 is 23.1 Å². The Balaban J connectivity index is 1.58. The second kappa shape index (κ2) is 7.38. The number of nitrogens with zero attached hydrogens (tertiary/aromatic N) is 1. The Bertz CT molecular complexity index is 732. The van der Waals surface area contributed by atoms with Crippen molar-refractivity contribution in [3.05, 3.63) is 82.3 Å². The summed E-state index contributed by atoms with van der Waals surface area (Å²) in [6, 6.07) is 18.8. The normalized spacial score (nSPS) is 11.1. The van der Waals surface area contributed by atoms with E-state index in [0.29, 0.717) is 0 Å². The number of aliphatic imine (C=N–C) groups is 1. The lowest BCUT2D eigenvalue weighted by Gasteiger charge is -2.02. The molecule has 0 aliphatic carbocycles. The number of rotatable bonds is 5. The van der Waals surface area contributed by atoms with E-state index in [1.54, 1.807) is 23.1 Å². The van der Waals surface area contributed by atoms with Crippen molar-refractivity contribution in [2.45, 2.75) is 10.6 Å². The van der Waals surface area contributed by atoms with Gasteiger partial charge in [0.2, 0.25) is 0 Å². The summed E-state index contributed by atoms with van der Waals surface area (Å²) in [5.74, 6) is 0.639. The van der Waals surface area contributed by atoms with Gasteiger partial charge in [0, 0.05) is 21.7 Å². The van der Waals surface area contributed by atoms with Crippen LogP contribution in [0.3, 0.4) is 0 Å². The van der Waals surface area contributed by atoms with Crippen LogP contribution in [0.2, 0.25) is 0 Å². The molecule has 0 aliphatic rings. The third-order valence-electron chi connectivity index (χ3n) is 3.04. The highest BCUT2D eigenvalue weighted by atomic mass is 32.2. The fourth-order valence-electron chi connectivity index (χ4n) is 1.88. The number of hydrogen-bond acceptors (Lipinski definition) is 3. The summed E-state index contributed by atoms with van der Waals surface area (Å²) in [7, 11) is 0. The highest BCUT2D eigenvalue weighted by Gasteiger charge is 1.98. The summed E-state index contributed by atoms with van der Waals surface area (Å²) in [6.07, 6.45) is 1.88. The molecule has 0 N–H and O–H groups in total. The lowest BCUT2D eigenvalue weighted by atomic mass is 10.2. The minimum Gasteiger partial charge on any atom is -0.255 e. The predicted molar refractivity (Wildman–Crippen MR) is 94.0 cm³/mol. The Morgan fingerprint density at radius 2 is 1.77 bits per heavy atom. The molecule has 4 heteroatoms. The molecule has 0 unspecified atom stereocenters. The van der Waals surface area contributed by atoms with E-state index >= 15 is 0 Å². The van der Waals surface area contributed by atoms with Gasteiger partial charge in [-0.3, -0.25) is 4.99 Å². The molecule has 22 heavy (non-hydrogen) atoms. The zero-order valence-corrected chi connectivity index (χ0v) is 13.4. The molecule has 1 nitrogen and oxygen atoms in total. The van der Waals surface area contributed by atoms with Crippen molar-refractivity contribution in [3.63, 3.8) is 0 Å². The topological polar surface area (TPSA) is 12.4 Å². The molecule has 1 heterocycles. The lowest BCUT2D eigenvalue weighted by molar-refractivity contribution is 0.627. The monoisotopic (exact) mass is 327 g/mol. The van der Waals surface area contributed by atoms with Crippen molar-refractivity contribution >= 4 is 35.0 Å². The number of benzene rings is 2. The smallest absolute Gasteiger partial charge is 0.123 e. The van der Waals surface area contributed by atoms with Gasteiger partial charge < -0.3 is 0 Å². The molecule has 3 rings (SSSR count). The standard InChI is InChI=1S/C18H14FNS2/c19-15-5-3-14(4-6-15)13-22-17-9-7-16(8-10-17)20-12-18-2-1-11-21-18/h1-12H,13H2. The van der Waals surface area contributed by atoms with E-state index in [9.17, 15) is 4.39 Å². The van der Waals surface area contributed by atoms with E-state index in [0.717, 1.165) is 21.9 Å². The Labute approximate surface area is 137 Å². The first-order chi connectivity index (χ1) is 10.8. The molecule has 0 bridgehead atoms. The number of thioether (sulfide) groups is 1. The number of thiophene rings is 1. The molecule has 0 amide bonds. The molecule has 0 fully saturated rings. The van der Waals surface area contributed by atoms with Crippen LogP contribution in [0.15, 0.2) is 75.9 Å². The SMILES string of the molecule is Fc1ccc(CSc2ccc(N=Cc3cccs3)cc2)cc1. The van der Waals surface area contributed by atoms with E-state index in [4.69, 9.17) is 0 Å². The van der Waals surface area contributed by atoms with Crippen LogP contribution in [0.5, 0.6) is 0 Å². The average molecular weight is 327 g/mol. The van der Waals surface area contributed by atoms with Crippen molar-refractivity contribution < 1.29 is 4.39 Å². The maximum atomic E-state index is 12.8. The van der Waals surface area contributed by atoms with Gasteiger partial charge in [-0.05, 0) is 53.4 Å². The first-order valence-electron chi connectivity index (χ1n) is 6.84. The highest BCUT2D eigenvalue weighted by Crippen LogP contribution is 2.25. The van der Waals surface area contributed by atoms with Crippen molar-refractivity contribution in [1.29, 1.82) is 0 Å². The lowest BCUT2D eigenvalue weighted by Crippen LogP contribution is -1.81. The summed E-state index contributed by atoms with van der Waals surface area (Å²) in [5, 5.41) is 2.04. The van der Waals surface area contributed by atoms with Gasteiger partial charge in [-0.1, -0.05) is 18.2 Å². The Morgan fingerprint density at radius 3 is 2.45 bits per heavy atom. The minimum atomic E-state index is -0.193. The molecule has 0 atom stereocenters. The fourth-order valence-corrected chi connectivity index (χ4v) is 3.32. The van der Waals surface area contributed by atoms with Crippen LogP contribution in [0.4, 0.5) is 10.1 Å². The zero-order chi connectivity index (χ0) is 15.2. The van der Waals surface area contributed by atoms with Crippen LogP contribution in [0.1, 0.15) is 10.4 Å². The molecular weight excluding hydrogens is 313 g/mol. The molecular formula is C18H14FNS2. The van der Waals surface area contributed by atoms with Crippen molar-refractivity contribution in [2.24, 2.45) is 4.99 Å². The van der Waals surface area contributed by atoms with E-state index in [1.165, 1.54) is 17.0 Å². The van der Waals surface area contributed by atoms with Crippen LogP contribution in [0, 0.1) is 5.82 Å². The van der Waals surface area contributed by atoms with Crippen LogP contribution in [0.25, 0.3) is 0 Å². The van der Waals surface area contributed by atoms with Gasteiger partial charge in [0.25, 0.3) is 0 Å². The number of hydrogen-bond donors (Lipinski definition) is 0. The van der Waals surface area contributed by atoms with Gasteiger partial charge in [0.05, 0.1) is 5.69 Å². The van der Waals surface area contributed by atoms with Crippen molar-refractivity contribution in [3.8, 4) is 0 Å². The van der Waals surface area contributed by atoms with E-state index in [2.05, 4.69) is 17.1 Å². The Morgan fingerprint density at radius 1 is 1.00 bits per heavy atom. The molecule has 0 aliphatic heterocycles. The van der Waals surface area contributed by atoms with Crippen molar-refractivity contribution in [2.75, 3.05) is 0 Å². The predicted octanol–water partition coefficient (Wildman–Crippen LogP) is 5.93. The largest absolute Gasteiger partial charge is 0.255 e. The van der Waals surface area contributed by atoms with Gasteiger partial charge in [-0.2, -0.15) is 0 Å². The molecule has 0 saturated carbocycles. The fraction of sp³-hybridized carbons (Fsp3) is 0.0556. The van der Waals surface area contributed by atoms with Gasteiger partial charge in [0.15, 0.2) is 0 Å². The first-order valence-corrected chi connectivity index (χ1v) is 8.71. The third kappa shape index (κ3) is 4.29. The van der Waals surface area contributed by atoms with Gasteiger partial charge in [-0.25, -0.2) is 4.39 Å². The third-order valence-corrected chi connectivity index (χ3v) is 4.93. The Kier molecular flexibility index (Phi) is 5.03. The van der Waals surface area contributed by atoms with Crippen LogP contribution in [-0.4, -0.2) is 6.21 Å². The average Bonchev–Trinajstić information content (AvgIpc) is 3.07. The molecule has 1 aromatic heterocycles. The summed E-state index contributed by atoms with van der Waals surface area (Å²) in [4.78, 5) is 6.78. The summed E-state index contributed by atoms with van der Waals surface area (Å²) >= 11 is 3.40. The summed E-state index contributed by atoms with van der Waals surface area (Å²) in [5.41, 5.74) is 2.06. The maximum absolute atomic E-state index is 12.8. The van der Waals surface area contributed by atoms with E-state index in [1.807, 2.05) is 48.0 Å². The first kappa shape index (κ1) is 15.0. The van der Waals surface area contributed by atoms with Gasteiger partial charge in [-0.15, -0.1) is 23.1 Å². The van der Waals surface area contributed by atoms with Crippen molar-refractivity contribution in [1.82, 2.24) is 0 Å². The van der Waals surface area contributed by atoms with E-state index < -0.39 is 0 Å². The second-order valence-electron chi connectivity index (χ2n) is 4.68. The zero-order valence-electron chi connectivity index (χ0n) is 11.8. The molecule has 110 valence electrons. The second-order valence-corrected chi connectivity index (χ2v) is 6.71. The summed E-state index contributed by atoms with van der Waals surface area (Å²) < 4.78 is 12.8. The van der Waals surface area contributed by atoms with Crippen LogP contribution < -0.4 is 0 Å².